The van der Waals surface area contributed by atoms with Crippen molar-refractivity contribution in [2.45, 2.75) is 0 Å². The van der Waals surface area contributed by atoms with Crippen molar-refractivity contribution in [3.63, 3.8) is 0 Å². The van der Waals surface area contributed by atoms with Crippen molar-refractivity contribution in [3.05, 3.63) is 69.2 Å². The number of hydrogen-bond acceptors (Lipinski definition) is 1. The predicted octanol–water partition coefficient (Wildman–Crippen LogP) is 5.77. The molecule has 0 aromatic heterocycles. The molecule has 0 aliphatic carbocycles. The molecule has 0 unspecified atom stereocenters. The third kappa shape index (κ3) is 4.17. The number of rotatable bonds is 4. The van der Waals surface area contributed by atoms with Crippen LogP contribution in [-0.4, -0.2) is 6.54 Å². The summed E-state index contributed by atoms with van der Waals surface area (Å²) in [7, 11) is 0. The van der Waals surface area contributed by atoms with Crippen LogP contribution in [0.15, 0.2) is 48.5 Å². The molecule has 0 aliphatic rings. The summed E-state index contributed by atoms with van der Waals surface area (Å²) in [6.45, 7) is 0.635. The van der Waals surface area contributed by atoms with E-state index in [-0.39, 0.29) is 0 Å². The zero-order valence-corrected chi connectivity index (χ0v) is 12.3. The van der Waals surface area contributed by atoms with Gasteiger partial charge in [0.25, 0.3) is 0 Å². The molecule has 0 saturated heterocycles. The number of benzene rings is 2. The van der Waals surface area contributed by atoms with Crippen LogP contribution in [0.3, 0.4) is 0 Å². The molecule has 0 atom stereocenters. The van der Waals surface area contributed by atoms with Crippen LogP contribution in [0.2, 0.25) is 15.1 Å². The van der Waals surface area contributed by atoms with Gasteiger partial charge >= 0.3 is 0 Å². The second-order valence-corrected chi connectivity index (χ2v) is 5.19. The first-order chi connectivity index (χ1) is 9.16. The van der Waals surface area contributed by atoms with Gasteiger partial charge in [0, 0.05) is 11.6 Å². The van der Waals surface area contributed by atoms with E-state index in [1.54, 1.807) is 12.1 Å². The quantitative estimate of drug-likeness (QED) is 0.755. The van der Waals surface area contributed by atoms with E-state index in [1.807, 2.05) is 42.5 Å². The van der Waals surface area contributed by atoms with Crippen molar-refractivity contribution in [1.29, 1.82) is 0 Å². The van der Waals surface area contributed by atoms with Gasteiger partial charge in [0.2, 0.25) is 0 Å². The van der Waals surface area contributed by atoms with Gasteiger partial charge in [0.05, 0.1) is 15.7 Å². The minimum atomic E-state index is 0.519. The third-order valence-electron chi connectivity index (χ3n) is 2.51. The molecule has 2 rings (SSSR count). The normalized spacial score (nSPS) is 10.9. The highest BCUT2D eigenvalue weighted by Crippen LogP contribution is 2.33. The fraction of sp³-hybridized carbons (Fsp3) is 0.0667. The van der Waals surface area contributed by atoms with Crippen molar-refractivity contribution < 1.29 is 0 Å². The Labute approximate surface area is 127 Å². The Kier molecular flexibility index (Phi) is 5.15. The van der Waals surface area contributed by atoms with Gasteiger partial charge in [0.1, 0.15) is 0 Å². The molecule has 1 N–H and O–H groups in total. The molecule has 0 saturated carbocycles. The Hall–Kier alpha value is -1.15. The molecule has 0 fully saturated rings. The zero-order chi connectivity index (χ0) is 13.7. The molecule has 2 aromatic rings. The van der Waals surface area contributed by atoms with Crippen molar-refractivity contribution in [3.8, 4) is 0 Å². The average Bonchev–Trinajstić information content (AvgIpc) is 2.38. The Morgan fingerprint density at radius 3 is 2.21 bits per heavy atom. The fourth-order valence-corrected chi connectivity index (χ4v) is 2.58. The SMILES string of the molecule is Clc1cc(Cl)c(NCC=Cc2ccccc2)c(Cl)c1. The Morgan fingerprint density at radius 1 is 0.947 bits per heavy atom. The number of halogens is 3. The maximum atomic E-state index is 6.08. The molecule has 0 spiro atoms. The van der Waals surface area contributed by atoms with Gasteiger partial charge in [0.15, 0.2) is 0 Å². The van der Waals surface area contributed by atoms with Crippen LogP contribution in [0.4, 0.5) is 5.69 Å². The summed E-state index contributed by atoms with van der Waals surface area (Å²) in [5, 5.41) is 4.74. The van der Waals surface area contributed by atoms with Gasteiger partial charge in [-0.05, 0) is 17.7 Å². The van der Waals surface area contributed by atoms with E-state index < -0.39 is 0 Å². The lowest BCUT2D eigenvalue weighted by Crippen LogP contribution is -1.99. The maximum Gasteiger partial charge on any atom is 0.0722 e. The van der Waals surface area contributed by atoms with E-state index in [0.29, 0.717) is 27.3 Å². The first kappa shape index (κ1) is 14.3. The lowest BCUT2D eigenvalue weighted by Gasteiger charge is -2.08. The second-order valence-electron chi connectivity index (χ2n) is 3.94. The van der Waals surface area contributed by atoms with Crippen molar-refractivity contribution in [1.82, 2.24) is 0 Å². The monoisotopic (exact) mass is 311 g/mol. The molecule has 2 aromatic carbocycles. The van der Waals surface area contributed by atoms with Crippen molar-refractivity contribution in [2.75, 3.05) is 11.9 Å². The van der Waals surface area contributed by atoms with Gasteiger partial charge in [-0.3, -0.25) is 0 Å². The van der Waals surface area contributed by atoms with Gasteiger partial charge in [-0.2, -0.15) is 0 Å². The number of hydrogen-bond donors (Lipinski definition) is 1. The minimum absolute atomic E-state index is 0.519. The number of anilines is 1. The summed E-state index contributed by atoms with van der Waals surface area (Å²) in [5.74, 6) is 0. The van der Waals surface area contributed by atoms with Crippen LogP contribution < -0.4 is 5.32 Å². The van der Waals surface area contributed by atoms with Crippen LogP contribution in [0.5, 0.6) is 0 Å². The number of nitrogens with one attached hydrogen (secondary N) is 1. The highest BCUT2D eigenvalue weighted by molar-refractivity contribution is 6.41. The maximum absolute atomic E-state index is 6.08. The first-order valence-electron chi connectivity index (χ1n) is 5.77. The van der Waals surface area contributed by atoms with Crippen LogP contribution in [-0.2, 0) is 0 Å². The zero-order valence-electron chi connectivity index (χ0n) is 10.0. The van der Waals surface area contributed by atoms with Crippen molar-refractivity contribution >= 4 is 46.6 Å². The van der Waals surface area contributed by atoms with Gasteiger partial charge in [-0.25, -0.2) is 0 Å². The molecule has 1 nitrogen and oxygen atoms in total. The van der Waals surface area contributed by atoms with Crippen molar-refractivity contribution in [2.24, 2.45) is 0 Å². The molecule has 19 heavy (non-hydrogen) atoms. The first-order valence-corrected chi connectivity index (χ1v) is 6.90. The molecule has 0 bridgehead atoms. The Bertz CT molecular complexity index is 556. The fourth-order valence-electron chi connectivity index (χ4n) is 1.63. The van der Waals surface area contributed by atoms with Crippen LogP contribution >= 0.6 is 34.8 Å². The standard InChI is InChI=1S/C15H12Cl3N/c16-12-9-13(17)15(14(18)10-12)19-8-4-7-11-5-2-1-3-6-11/h1-7,9-10,19H,8H2. The van der Waals surface area contributed by atoms with E-state index in [1.165, 1.54) is 0 Å². The summed E-state index contributed by atoms with van der Waals surface area (Å²) < 4.78 is 0. The summed E-state index contributed by atoms with van der Waals surface area (Å²) >= 11 is 18.0. The van der Waals surface area contributed by atoms with Crippen LogP contribution in [0.25, 0.3) is 6.08 Å². The highest BCUT2D eigenvalue weighted by Gasteiger charge is 2.06. The van der Waals surface area contributed by atoms with Gasteiger partial charge < -0.3 is 5.32 Å². The summed E-state index contributed by atoms with van der Waals surface area (Å²) in [4.78, 5) is 0. The van der Waals surface area contributed by atoms with Crippen LogP contribution in [0.1, 0.15) is 5.56 Å². The molecule has 98 valence electrons. The van der Waals surface area contributed by atoms with E-state index in [0.717, 1.165) is 5.56 Å². The van der Waals surface area contributed by atoms with E-state index >= 15 is 0 Å². The molecule has 0 aliphatic heterocycles. The minimum Gasteiger partial charge on any atom is -0.379 e. The molecule has 0 amide bonds. The summed E-state index contributed by atoms with van der Waals surface area (Å²) in [6.07, 6.45) is 4.04. The molecule has 4 heteroatoms. The van der Waals surface area contributed by atoms with Gasteiger partial charge in [-0.15, -0.1) is 0 Å². The third-order valence-corrected chi connectivity index (χ3v) is 3.33. The summed E-state index contributed by atoms with van der Waals surface area (Å²) in [6, 6.07) is 13.4. The summed E-state index contributed by atoms with van der Waals surface area (Å²) in [5.41, 5.74) is 1.85. The smallest absolute Gasteiger partial charge is 0.0722 e. The predicted molar refractivity (Wildman–Crippen MR) is 85.4 cm³/mol. The molecular formula is C15H12Cl3N. The lowest BCUT2D eigenvalue weighted by atomic mass is 10.2. The van der Waals surface area contributed by atoms with E-state index in [4.69, 9.17) is 34.8 Å². The Balaban J connectivity index is 1.98. The topological polar surface area (TPSA) is 12.0 Å². The lowest BCUT2D eigenvalue weighted by molar-refractivity contribution is 1.34. The average molecular weight is 313 g/mol. The van der Waals surface area contributed by atoms with E-state index in [9.17, 15) is 0 Å². The van der Waals surface area contributed by atoms with E-state index in [2.05, 4.69) is 5.32 Å². The highest BCUT2D eigenvalue weighted by atomic mass is 35.5. The molecular weight excluding hydrogens is 301 g/mol. The Morgan fingerprint density at radius 2 is 1.58 bits per heavy atom. The molecule has 0 radical (unpaired) electrons. The van der Waals surface area contributed by atoms with Crippen LogP contribution in [0, 0.1) is 0 Å². The molecule has 0 heterocycles. The largest absolute Gasteiger partial charge is 0.379 e. The second kappa shape index (κ2) is 6.85. The van der Waals surface area contributed by atoms with Gasteiger partial charge in [-0.1, -0.05) is 77.3 Å².